The molecule has 6 nitrogen and oxygen atoms in total. The lowest BCUT2D eigenvalue weighted by molar-refractivity contribution is 0.0691. The molecule has 0 aromatic carbocycles. The fourth-order valence-corrected chi connectivity index (χ4v) is 2.54. The fourth-order valence-electron chi connectivity index (χ4n) is 1.21. The van der Waals surface area contributed by atoms with Gasteiger partial charge in [-0.15, -0.1) is 22.7 Å². The molecule has 0 spiro atoms. The minimum Gasteiger partial charge on any atom is -0.476 e. The lowest BCUT2D eigenvalue weighted by Gasteiger charge is -2.00. The Balaban J connectivity index is 1.85. The van der Waals surface area contributed by atoms with Crippen LogP contribution < -0.4 is 5.32 Å². The summed E-state index contributed by atoms with van der Waals surface area (Å²) >= 11 is 2.54. The molecular formula is C10H9N3O3S2. The molecule has 2 aromatic rings. The predicted octanol–water partition coefficient (Wildman–Crippen LogP) is 1.27. The van der Waals surface area contributed by atoms with Crippen LogP contribution in [0.1, 0.15) is 25.3 Å². The number of hydrogen-bond donors (Lipinski definition) is 2. The quantitative estimate of drug-likeness (QED) is 0.862. The zero-order chi connectivity index (χ0) is 13.0. The summed E-state index contributed by atoms with van der Waals surface area (Å²) in [7, 11) is 0. The van der Waals surface area contributed by atoms with Gasteiger partial charge >= 0.3 is 5.97 Å². The van der Waals surface area contributed by atoms with Crippen LogP contribution in [0.2, 0.25) is 0 Å². The van der Waals surface area contributed by atoms with Crippen molar-refractivity contribution in [2.75, 3.05) is 6.54 Å². The van der Waals surface area contributed by atoms with Crippen molar-refractivity contribution in [3.05, 3.63) is 32.7 Å². The van der Waals surface area contributed by atoms with E-state index in [0.29, 0.717) is 13.0 Å². The molecule has 1 amide bonds. The van der Waals surface area contributed by atoms with Crippen molar-refractivity contribution in [1.82, 2.24) is 15.3 Å². The number of aromatic nitrogens is 2. The van der Waals surface area contributed by atoms with E-state index in [2.05, 4.69) is 15.3 Å². The first-order valence-electron chi connectivity index (χ1n) is 5.02. The number of rotatable bonds is 5. The van der Waals surface area contributed by atoms with Crippen molar-refractivity contribution < 1.29 is 14.7 Å². The predicted molar refractivity (Wildman–Crippen MR) is 67.2 cm³/mol. The summed E-state index contributed by atoms with van der Waals surface area (Å²) in [6.45, 7) is 0.453. The van der Waals surface area contributed by atoms with Crippen molar-refractivity contribution in [2.24, 2.45) is 0 Å². The summed E-state index contributed by atoms with van der Waals surface area (Å²) in [6.07, 6.45) is 2.36. The molecule has 2 aromatic heterocycles. The molecule has 0 aliphatic heterocycles. The van der Waals surface area contributed by atoms with Gasteiger partial charge in [0.2, 0.25) is 0 Å². The molecule has 2 heterocycles. The van der Waals surface area contributed by atoms with Crippen molar-refractivity contribution in [2.45, 2.75) is 6.42 Å². The number of carboxylic acids is 1. The highest BCUT2D eigenvalue weighted by atomic mass is 32.1. The van der Waals surface area contributed by atoms with Gasteiger partial charge in [0.1, 0.15) is 0 Å². The summed E-state index contributed by atoms with van der Waals surface area (Å²) in [4.78, 5) is 30.1. The summed E-state index contributed by atoms with van der Waals surface area (Å²) in [5.41, 5.74) is -0.106. The maximum absolute atomic E-state index is 11.6. The van der Waals surface area contributed by atoms with Gasteiger partial charge in [-0.25, -0.2) is 14.8 Å². The Labute approximate surface area is 110 Å². The van der Waals surface area contributed by atoms with Gasteiger partial charge in [-0.05, 0) is 0 Å². The van der Waals surface area contributed by atoms with Crippen LogP contribution in [0.15, 0.2) is 17.0 Å². The number of carboxylic acid groups (broad SMARTS) is 1. The first kappa shape index (κ1) is 12.7. The second-order valence-electron chi connectivity index (χ2n) is 3.27. The highest BCUT2D eigenvalue weighted by Gasteiger charge is 2.14. The van der Waals surface area contributed by atoms with Crippen LogP contribution in [0, 0.1) is 0 Å². The topological polar surface area (TPSA) is 92.2 Å². The Morgan fingerprint density at radius 2 is 2.22 bits per heavy atom. The number of hydrogen-bond acceptors (Lipinski definition) is 6. The van der Waals surface area contributed by atoms with E-state index in [9.17, 15) is 9.59 Å². The van der Waals surface area contributed by atoms with E-state index in [1.54, 1.807) is 6.20 Å². The summed E-state index contributed by atoms with van der Waals surface area (Å²) in [6, 6.07) is 0. The van der Waals surface area contributed by atoms with Gasteiger partial charge in [-0.2, -0.15) is 0 Å². The highest BCUT2D eigenvalue weighted by Crippen LogP contribution is 2.09. The van der Waals surface area contributed by atoms with Crippen molar-refractivity contribution in [3.8, 4) is 0 Å². The molecule has 0 saturated heterocycles. The smallest absolute Gasteiger partial charge is 0.355 e. The van der Waals surface area contributed by atoms with E-state index in [1.165, 1.54) is 16.7 Å². The number of nitrogens with zero attached hydrogens (tertiary/aromatic N) is 2. The van der Waals surface area contributed by atoms with Crippen LogP contribution in [0.3, 0.4) is 0 Å². The van der Waals surface area contributed by atoms with Crippen LogP contribution in [0.4, 0.5) is 0 Å². The number of amides is 1. The van der Waals surface area contributed by atoms with Crippen LogP contribution in [-0.2, 0) is 6.42 Å². The van der Waals surface area contributed by atoms with Crippen LogP contribution in [-0.4, -0.2) is 33.5 Å². The summed E-state index contributed by atoms with van der Waals surface area (Å²) < 4.78 is 0. The fraction of sp³-hybridized carbons (Fsp3) is 0.200. The summed E-state index contributed by atoms with van der Waals surface area (Å²) in [5.74, 6) is -1.49. The Hall–Kier alpha value is -1.80. The van der Waals surface area contributed by atoms with E-state index >= 15 is 0 Å². The second kappa shape index (κ2) is 5.69. The Morgan fingerprint density at radius 3 is 2.83 bits per heavy atom. The third-order valence-corrected chi connectivity index (χ3v) is 3.71. The van der Waals surface area contributed by atoms with E-state index in [4.69, 9.17) is 5.11 Å². The number of thiazole rings is 2. The lowest BCUT2D eigenvalue weighted by Crippen LogP contribution is -2.25. The molecule has 0 aliphatic rings. The minimum atomic E-state index is -1.13. The highest BCUT2D eigenvalue weighted by molar-refractivity contribution is 7.11. The molecule has 8 heteroatoms. The lowest BCUT2D eigenvalue weighted by atomic mass is 10.4. The van der Waals surface area contributed by atoms with E-state index in [0.717, 1.165) is 16.3 Å². The van der Waals surface area contributed by atoms with E-state index in [1.807, 2.05) is 5.38 Å². The molecule has 2 rings (SSSR count). The van der Waals surface area contributed by atoms with Gasteiger partial charge < -0.3 is 10.4 Å². The third-order valence-electron chi connectivity index (χ3n) is 2.03. The maximum atomic E-state index is 11.6. The standard InChI is InChI=1S/C10H9N3O3S2/c14-8(9-13-6(5-18-9)10(15)16)12-2-1-7-11-3-4-17-7/h3-5H,1-2H2,(H,12,14)(H,15,16). The molecule has 94 valence electrons. The second-order valence-corrected chi connectivity index (χ2v) is 5.11. The molecule has 18 heavy (non-hydrogen) atoms. The van der Waals surface area contributed by atoms with Gasteiger partial charge in [-0.1, -0.05) is 0 Å². The van der Waals surface area contributed by atoms with Crippen molar-refractivity contribution in [1.29, 1.82) is 0 Å². The average Bonchev–Trinajstić information content (AvgIpc) is 2.99. The molecule has 0 saturated carbocycles. The number of carbonyl (C=O) groups is 2. The van der Waals surface area contributed by atoms with Gasteiger partial charge in [0.05, 0.1) is 5.01 Å². The maximum Gasteiger partial charge on any atom is 0.355 e. The number of nitrogens with one attached hydrogen (secondary N) is 1. The molecule has 0 atom stereocenters. The third kappa shape index (κ3) is 3.11. The SMILES string of the molecule is O=C(O)c1csc(C(=O)NCCc2nccs2)n1. The molecule has 0 aliphatic carbocycles. The van der Waals surface area contributed by atoms with Crippen molar-refractivity contribution >= 4 is 34.6 Å². The van der Waals surface area contributed by atoms with Gasteiger partial charge in [0.25, 0.3) is 5.91 Å². The minimum absolute atomic E-state index is 0.106. The Morgan fingerprint density at radius 1 is 1.39 bits per heavy atom. The zero-order valence-corrected chi connectivity index (χ0v) is 10.8. The van der Waals surface area contributed by atoms with Crippen LogP contribution >= 0.6 is 22.7 Å². The molecule has 0 radical (unpaired) electrons. The summed E-state index contributed by atoms with van der Waals surface area (Å²) in [5, 5.41) is 15.7. The number of aromatic carboxylic acids is 1. The van der Waals surface area contributed by atoms with Gasteiger partial charge in [0, 0.05) is 29.9 Å². The Kier molecular flexibility index (Phi) is 4.00. The van der Waals surface area contributed by atoms with Crippen LogP contribution in [0.25, 0.3) is 0 Å². The van der Waals surface area contributed by atoms with Crippen LogP contribution in [0.5, 0.6) is 0 Å². The number of carbonyl (C=O) groups excluding carboxylic acids is 1. The van der Waals surface area contributed by atoms with Gasteiger partial charge in [0.15, 0.2) is 10.7 Å². The molecular weight excluding hydrogens is 274 g/mol. The first-order valence-corrected chi connectivity index (χ1v) is 6.78. The Bertz CT molecular complexity index is 550. The first-order chi connectivity index (χ1) is 8.66. The molecule has 0 fully saturated rings. The monoisotopic (exact) mass is 283 g/mol. The van der Waals surface area contributed by atoms with E-state index < -0.39 is 5.97 Å². The molecule has 2 N–H and O–H groups in total. The van der Waals surface area contributed by atoms with Crippen molar-refractivity contribution in [3.63, 3.8) is 0 Å². The normalized spacial score (nSPS) is 10.2. The largest absolute Gasteiger partial charge is 0.476 e. The zero-order valence-electron chi connectivity index (χ0n) is 9.12. The average molecular weight is 283 g/mol. The van der Waals surface area contributed by atoms with Gasteiger partial charge in [-0.3, -0.25) is 4.79 Å². The molecule has 0 bridgehead atoms. The van der Waals surface area contributed by atoms with E-state index in [-0.39, 0.29) is 16.6 Å². The molecule has 0 unspecified atom stereocenters.